The Bertz CT molecular complexity index is 980. The Morgan fingerprint density at radius 3 is 2.31 bits per heavy atom. The average molecular weight is 458 g/mol. The third-order valence-electron chi connectivity index (χ3n) is 5.91. The smallest absolute Gasteiger partial charge is 0.272 e. The van der Waals surface area contributed by atoms with E-state index in [0.717, 1.165) is 42.8 Å². The Kier molecular flexibility index (Phi) is 7.50. The Balaban J connectivity index is 2.00. The molecule has 9 heteroatoms. The first-order valence-electron chi connectivity index (χ1n) is 11.0. The lowest BCUT2D eigenvalue weighted by molar-refractivity contribution is -0.123. The van der Waals surface area contributed by atoms with Crippen LogP contribution in [0.5, 0.6) is 0 Å². The normalized spacial score (nSPS) is 15.0. The van der Waals surface area contributed by atoms with Crippen molar-refractivity contribution in [1.29, 1.82) is 0 Å². The van der Waals surface area contributed by atoms with Crippen molar-refractivity contribution in [2.45, 2.75) is 70.9 Å². The maximum Gasteiger partial charge on any atom is 0.272 e. The quantitative estimate of drug-likeness (QED) is 0.559. The number of nitrogens with zero attached hydrogens (tertiary/aromatic N) is 2. The zero-order valence-corrected chi connectivity index (χ0v) is 19.6. The Hall–Kier alpha value is -2.94. The summed E-state index contributed by atoms with van der Waals surface area (Å²) in [7, 11) is 0. The topological polar surface area (TPSA) is 131 Å². The van der Waals surface area contributed by atoms with Gasteiger partial charge in [-0.3, -0.25) is 19.3 Å². The minimum atomic E-state index is -0.795. The van der Waals surface area contributed by atoms with Gasteiger partial charge in [0.05, 0.1) is 5.69 Å². The third kappa shape index (κ3) is 4.93. The molecule has 3 amide bonds. The number of nitrogens with two attached hydrogens (primary N) is 2. The molecule has 8 nitrogen and oxygen atoms in total. The van der Waals surface area contributed by atoms with E-state index in [2.05, 4.69) is 23.5 Å². The molecular weight excluding hydrogens is 426 g/mol. The van der Waals surface area contributed by atoms with E-state index >= 15 is 0 Å². The van der Waals surface area contributed by atoms with Crippen LogP contribution in [0.1, 0.15) is 84.5 Å². The molecule has 2 aromatic rings. The van der Waals surface area contributed by atoms with Gasteiger partial charge in [0.1, 0.15) is 10.9 Å². The van der Waals surface area contributed by atoms with Gasteiger partial charge in [0.15, 0.2) is 5.69 Å². The highest BCUT2D eigenvalue weighted by molar-refractivity contribution is 7.09. The molecule has 3 rings (SSSR count). The summed E-state index contributed by atoms with van der Waals surface area (Å²) in [6.45, 7) is 6.04. The lowest BCUT2D eigenvalue weighted by Gasteiger charge is -2.31. The Morgan fingerprint density at radius 2 is 1.81 bits per heavy atom. The van der Waals surface area contributed by atoms with Gasteiger partial charge in [-0.15, -0.1) is 0 Å². The number of hydrogen-bond acceptors (Lipinski definition) is 6. The van der Waals surface area contributed by atoms with E-state index in [1.807, 2.05) is 31.2 Å². The van der Waals surface area contributed by atoms with Crippen LogP contribution in [0.25, 0.3) is 0 Å². The molecule has 1 aliphatic rings. The first kappa shape index (κ1) is 23.7. The molecule has 0 bridgehead atoms. The molecule has 1 aromatic heterocycles. The third-order valence-corrected chi connectivity index (χ3v) is 6.77. The second-order valence-corrected chi connectivity index (χ2v) is 9.25. The maximum absolute atomic E-state index is 13.6. The van der Waals surface area contributed by atoms with Crippen LogP contribution in [0, 0.1) is 0 Å². The number of primary amides is 1. The maximum atomic E-state index is 13.6. The van der Waals surface area contributed by atoms with Gasteiger partial charge in [0.25, 0.3) is 11.8 Å². The number of anilines is 2. The van der Waals surface area contributed by atoms with Gasteiger partial charge >= 0.3 is 0 Å². The Labute approximate surface area is 192 Å². The fourth-order valence-corrected chi connectivity index (χ4v) is 4.79. The molecule has 0 aliphatic heterocycles. The van der Waals surface area contributed by atoms with Crippen molar-refractivity contribution in [3.05, 3.63) is 40.4 Å². The largest absolute Gasteiger partial charge is 0.395 e. The summed E-state index contributed by atoms with van der Waals surface area (Å²) < 4.78 is 3.96. The molecule has 1 heterocycles. The van der Waals surface area contributed by atoms with Gasteiger partial charge in [0, 0.05) is 11.7 Å². The summed E-state index contributed by atoms with van der Waals surface area (Å²) >= 11 is 0.817. The minimum absolute atomic E-state index is 0.0534. The molecular formula is C23H31N5O3S. The van der Waals surface area contributed by atoms with Gasteiger partial charge in [-0.1, -0.05) is 45.7 Å². The summed E-state index contributed by atoms with van der Waals surface area (Å²) in [6.07, 6.45) is 4.49. The minimum Gasteiger partial charge on any atom is -0.395 e. The number of aromatic nitrogens is 1. The highest BCUT2D eigenvalue weighted by Gasteiger charge is 2.34. The van der Waals surface area contributed by atoms with Crippen LogP contribution in [0.15, 0.2) is 24.3 Å². The average Bonchev–Trinajstić information content (AvgIpc) is 3.40. The molecule has 1 unspecified atom stereocenters. The molecule has 1 fully saturated rings. The van der Waals surface area contributed by atoms with E-state index in [9.17, 15) is 14.4 Å². The zero-order chi connectivity index (χ0) is 23.4. The lowest BCUT2D eigenvalue weighted by Crippen LogP contribution is -2.51. The molecule has 5 N–H and O–H groups in total. The number of amides is 3. The summed E-state index contributed by atoms with van der Waals surface area (Å²) in [5.41, 5.74) is 12.9. The van der Waals surface area contributed by atoms with Gasteiger partial charge in [-0.2, -0.15) is 4.37 Å². The van der Waals surface area contributed by atoms with Gasteiger partial charge < -0.3 is 16.8 Å². The number of nitrogen functional groups attached to an aromatic ring is 1. The van der Waals surface area contributed by atoms with Crippen molar-refractivity contribution >= 4 is 40.6 Å². The predicted molar refractivity (Wildman–Crippen MR) is 127 cm³/mol. The van der Waals surface area contributed by atoms with Crippen molar-refractivity contribution in [2.24, 2.45) is 5.73 Å². The van der Waals surface area contributed by atoms with Crippen molar-refractivity contribution in [1.82, 2.24) is 9.69 Å². The lowest BCUT2D eigenvalue weighted by atomic mass is 10.0. The number of nitrogens with one attached hydrogen (secondary N) is 1. The number of carbonyl (C=O) groups is 3. The van der Waals surface area contributed by atoms with Crippen LogP contribution < -0.4 is 21.7 Å². The second kappa shape index (κ2) is 10.1. The molecule has 172 valence electrons. The van der Waals surface area contributed by atoms with E-state index in [-0.39, 0.29) is 28.2 Å². The fraction of sp³-hybridized carbons (Fsp3) is 0.478. The number of hydrogen-bond donors (Lipinski definition) is 3. The van der Waals surface area contributed by atoms with E-state index in [1.54, 1.807) is 0 Å². The van der Waals surface area contributed by atoms with Crippen LogP contribution in [0.3, 0.4) is 0 Å². The molecule has 0 spiro atoms. The molecule has 1 aliphatic carbocycles. The summed E-state index contributed by atoms with van der Waals surface area (Å²) in [5, 5.41) is 3.10. The summed E-state index contributed by atoms with van der Waals surface area (Å²) in [5.74, 6) is -1.13. The predicted octanol–water partition coefficient (Wildman–Crippen LogP) is 3.43. The monoisotopic (exact) mass is 457 g/mol. The summed E-state index contributed by atoms with van der Waals surface area (Å²) in [6, 6.07) is 6.98. The van der Waals surface area contributed by atoms with Crippen molar-refractivity contribution in [2.75, 3.05) is 10.6 Å². The van der Waals surface area contributed by atoms with Crippen LogP contribution in [0.2, 0.25) is 0 Å². The van der Waals surface area contributed by atoms with Crippen LogP contribution in [-0.4, -0.2) is 34.2 Å². The highest BCUT2D eigenvalue weighted by atomic mass is 32.1. The fourth-order valence-electron chi connectivity index (χ4n) is 4.05. The van der Waals surface area contributed by atoms with Crippen molar-refractivity contribution in [3.8, 4) is 0 Å². The zero-order valence-electron chi connectivity index (χ0n) is 18.8. The van der Waals surface area contributed by atoms with Gasteiger partial charge in [-0.05, 0) is 54.4 Å². The standard InChI is InChI=1S/C23H31N5O3S/c1-4-17(22(30)26-15-7-5-6-8-15)28(16-11-9-14(10-12-16)13(2)3)23(31)20-18(24)19(21(25)29)27-32-20/h9-13,15,17H,4-8,24H2,1-3H3,(H2,25,29)(H,26,30). The number of carbonyl (C=O) groups excluding carboxylic acids is 3. The van der Waals surface area contributed by atoms with Crippen molar-refractivity contribution in [3.63, 3.8) is 0 Å². The number of rotatable bonds is 8. The first-order chi connectivity index (χ1) is 15.2. The van der Waals surface area contributed by atoms with Crippen molar-refractivity contribution < 1.29 is 14.4 Å². The molecule has 32 heavy (non-hydrogen) atoms. The van der Waals surface area contributed by atoms with Gasteiger partial charge in [-0.25, -0.2) is 0 Å². The Morgan fingerprint density at radius 1 is 1.19 bits per heavy atom. The SMILES string of the molecule is CCC(C(=O)NC1CCCC1)N(C(=O)c1snc(C(N)=O)c1N)c1ccc(C(C)C)cc1. The van der Waals surface area contributed by atoms with E-state index < -0.39 is 17.9 Å². The van der Waals surface area contributed by atoms with Crippen LogP contribution >= 0.6 is 11.5 Å². The number of benzene rings is 1. The first-order valence-corrected chi connectivity index (χ1v) is 11.8. The second-order valence-electron chi connectivity index (χ2n) is 8.47. The molecule has 0 saturated heterocycles. The molecule has 1 saturated carbocycles. The van der Waals surface area contributed by atoms with E-state index in [0.29, 0.717) is 18.0 Å². The molecule has 1 aromatic carbocycles. The van der Waals surface area contributed by atoms with Crippen LogP contribution in [-0.2, 0) is 4.79 Å². The van der Waals surface area contributed by atoms with Gasteiger partial charge in [0.2, 0.25) is 5.91 Å². The summed E-state index contributed by atoms with van der Waals surface area (Å²) in [4.78, 5) is 40.0. The van der Waals surface area contributed by atoms with Crippen LogP contribution in [0.4, 0.5) is 11.4 Å². The molecule has 0 radical (unpaired) electrons. The molecule has 1 atom stereocenters. The van der Waals surface area contributed by atoms with E-state index in [1.165, 1.54) is 4.90 Å². The highest BCUT2D eigenvalue weighted by Crippen LogP contribution is 2.30. The van der Waals surface area contributed by atoms with E-state index in [4.69, 9.17) is 11.5 Å².